The van der Waals surface area contributed by atoms with Crippen molar-refractivity contribution in [3.8, 4) is 5.69 Å². The molecule has 0 spiro atoms. The molecule has 1 aromatic carbocycles. The van der Waals surface area contributed by atoms with Crippen molar-refractivity contribution in [3.63, 3.8) is 0 Å². The van der Waals surface area contributed by atoms with E-state index in [9.17, 15) is 4.79 Å². The molecule has 0 atom stereocenters. The number of carbonyl (C=O) groups is 1. The summed E-state index contributed by atoms with van der Waals surface area (Å²) in [6.07, 6.45) is 7.21. The molecule has 2 aromatic heterocycles. The normalized spacial score (nSPS) is 14.0. The molecule has 29 heavy (non-hydrogen) atoms. The topological polar surface area (TPSA) is 74.0 Å². The van der Waals surface area contributed by atoms with Gasteiger partial charge in [-0.05, 0) is 55.7 Å². The minimum Gasteiger partial charge on any atom is -0.357 e. The van der Waals surface area contributed by atoms with Gasteiger partial charge in [0.25, 0.3) is 5.91 Å². The summed E-state index contributed by atoms with van der Waals surface area (Å²) in [7, 11) is 0. The van der Waals surface area contributed by atoms with Crippen LogP contribution in [0.3, 0.4) is 0 Å². The molecule has 1 fully saturated rings. The molecule has 1 aliphatic heterocycles. The summed E-state index contributed by atoms with van der Waals surface area (Å²) in [6.45, 7) is 2.32. The first-order valence-electron chi connectivity index (χ1n) is 9.61. The Hall–Kier alpha value is -2.64. The van der Waals surface area contributed by atoms with Crippen LogP contribution in [0.5, 0.6) is 0 Å². The van der Waals surface area contributed by atoms with E-state index in [1.807, 2.05) is 30.5 Å². The van der Waals surface area contributed by atoms with E-state index in [1.165, 1.54) is 17.8 Å². The van der Waals surface area contributed by atoms with Crippen LogP contribution in [0.25, 0.3) is 5.69 Å². The number of rotatable bonds is 5. The monoisotopic (exact) mass is 427 g/mol. The number of likely N-dealkylation sites (tertiary alicyclic amines) is 1. The number of carbonyl (C=O) groups excluding carboxylic acids is 1. The van der Waals surface area contributed by atoms with Crippen molar-refractivity contribution in [1.29, 1.82) is 5.41 Å². The van der Waals surface area contributed by atoms with Gasteiger partial charge in [-0.15, -0.1) is 11.3 Å². The van der Waals surface area contributed by atoms with Gasteiger partial charge in [0.1, 0.15) is 5.84 Å². The number of thiophene rings is 1. The predicted octanol–water partition coefficient (Wildman–Crippen LogP) is 4.33. The van der Waals surface area contributed by atoms with Crippen LogP contribution in [0.1, 0.15) is 40.1 Å². The lowest BCUT2D eigenvalue weighted by Gasteiger charge is -2.29. The van der Waals surface area contributed by atoms with Gasteiger partial charge in [-0.3, -0.25) is 10.2 Å². The first-order chi connectivity index (χ1) is 14.1. The highest BCUT2D eigenvalue weighted by Crippen LogP contribution is 2.21. The molecule has 0 bridgehead atoms. The molecule has 1 amide bonds. The molecule has 1 aliphatic rings. The van der Waals surface area contributed by atoms with Crippen LogP contribution in [-0.2, 0) is 6.54 Å². The zero-order chi connectivity index (χ0) is 20.2. The smallest absolute Gasteiger partial charge is 0.261 e. The largest absolute Gasteiger partial charge is 0.357 e. The minimum atomic E-state index is -0.143. The molecule has 0 unspecified atom stereocenters. The molecule has 3 aromatic rings. The zero-order valence-electron chi connectivity index (χ0n) is 15.9. The van der Waals surface area contributed by atoms with E-state index in [0.29, 0.717) is 21.6 Å². The maximum Gasteiger partial charge on any atom is 0.261 e. The highest BCUT2D eigenvalue weighted by molar-refractivity contribution is 7.17. The summed E-state index contributed by atoms with van der Waals surface area (Å²) in [6, 6.07) is 11.3. The van der Waals surface area contributed by atoms with Crippen molar-refractivity contribution in [2.24, 2.45) is 0 Å². The number of piperidine rings is 1. The average molecular weight is 428 g/mol. The predicted molar refractivity (Wildman–Crippen MR) is 116 cm³/mol. The standard InChI is InChI=1S/C21H22ClN5OS/c22-19-9-8-18(29-19)21(28)24-12-15-13-25-27(14-15)17-6-4-16(5-7-17)20(23)26-10-2-1-3-11-26/h4-9,13-14,23H,1-3,10-12H2,(H,24,28). The first-order valence-corrected chi connectivity index (χ1v) is 10.8. The van der Waals surface area contributed by atoms with E-state index < -0.39 is 0 Å². The zero-order valence-corrected chi connectivity index (χ0v) is 17.5. The van der Waals surface area contributed by atoms with Crippen molar-refractivity contribution in [1.82, 2.24) is 20.0 Å². The van der Waals surface area contributed by atoms with Crippen LogP contribution in [-0.4, -0.2) is 39.5 Å². The second-order valence-electron chi connectivity index (χ2n) is 7.02. The van der Waals surface area contributed by atoms with Crippen molar-refractivity contribution in [2.45, 2.75) is 25.8 Å². The Balaban J connectivity index is 1.37. The third-order valence-corrected chi connectivity index (χ3v) is 6.19. The molecular formula is C21H22ClN5OS. The van der Waals surface area contributed by atoms with Gasteiger partial charge in [0.2, 0.25) is 0 Å². The lowest BCUT2D eigenvalue weighted by atomic mass is 10.1. The number of amides is 1. The SMILES string of the molecule is N=C(c1ccc(-n2cc(CNC(=O)c3ccc(Cl)s3)cn2)cc1)N1CCCCC1. The van der Waals surface area contributed by atoms with Crippen LogP contribution >= 0.6 is 22.9 Å². The van der Waals surface area contributed by atoms with Crippen LogP contribution in [0.4, 0.5) is 0 Å². The van der Waals surface area contributed by atoms with Gasteiger partial charge in [-0.2, -0.15) is 5.10 Å². The summed E-state index contributed by atoms with van der Waals surface area (Å²) in [5, 5.41) is 15.7. The Labute approximate surface area is 178 Å². The van der Waals surface area contributed by atoms with E-state index in [0.717, 1.165) is 42.7 Å². The maximum atomic E-state index is 12.1. The fraction of sp³-hybridized carbons (Fsp3) is 0.286. The van der Waals surface area contributed by atoms with E-state index in [1.54, 1.807) is 23.0 Å². The molecule has 0 radical (unpaired) electrons. The number of hydrogen-bond donors (Lipinski definition) is 2. The van der Waals surface area contributed by atoms with E-state index in [-0.39, 0.29) is 5.91 Å². The Morgan fingerprint density at radius 1 is 1.14 bits per heavy atom. The Morgan fingerprint density at radius 3 is 2.59 bits per heavy atom. The molecule has 6 nitrogen and oxygen atoms in total. The fourth-order valence-corrected chi connectivity index (χ4v) is 4.33. The summed E-state index contributed by atoms with van der Waals surface area (Å²) in [4.78, 5) is 14.9. The molecule has 1 saturated heterocycles. The molecule has 8 heteroatoms. The molecular weight excluding hydrogens is 406 g/mol. The van der Waals surface area contributed by atoms with Crippen molar-refractivity contribution < 1.29 is 4.79 Å². The lowest BCUT2D eigenvalue weighted by Crippen LogP contribution is -2.35. The molecule has 2 N–H and O–H groups in total. The van der Waals surface area contributed by atoms with Crippen LogP contribution in [0, 0.1) is 5.41 Å². The number of nitrogens with one attached hydrogen (secondary N) is 2. The van der Waals surface area contributed by atoms with E-state index in [2.05, 4.69) is 15.3 Å². The average Bonchev–Trinajstić information content (AvgIpc) is 3.41. The summed E-state index contributed by atoms with van der Waals surface area (Å²) in [5.74, 6) is 0.448. The number of benzene rings is 1. The summed E-state index contributed by atoms with van der Waals surface area (Å²) >= 11 is 7.14. The Kier molecular flexibility index (Phi) is 5.97. The highest BCUT2D eigenvalue weighted by atomic mass is 35.5. The number of nitrogens with zero attached hydrogens (tertiary/aromatic N) is 3. The van der Waals surface area contributed by atoms with Crippen molar-refractivity contribution >= 4 is 34.7 Å². The number of aromatic nitrogens is 2. The number of amidine groups is 1. The van der Waals surface area contributed by atoms with Crippen molar-refractivity contribution in [2.75, 3.05) is 13.1 Å². The minimum absolute atomic E-state index is 0.143. The van der Waals surface area contributed by atoms with Crippen molar-refractivity contribution in [3.05, 3.63) is 69.1 Å². The van der Waals surface area contributed by atoms with Gasteiger partial charge in [-0.25, -0.2) is 4.68 Å². The summed E-state index contributed by atoms with van der Waals surface area (Å²) in [5.41, 5.74) is 2.75. The van der Waals surface area contributed by atoms with Crippen LogP contribution in [0.15, 0.2) is 48.8 Å². The van der Waals surface area contributed by atoms with Gasteiger partial charge in [0.15, 0.2) is 0 Å². The summed E-state index contributed by atoms with van der Waals surface area (Å²) < 4.78 is 2.37. The van der Waals surface area contributed by atoms with Gasteiger partial charge < -0.3 is 10.2 Å². The second kappa shape index (κ2) is 8.80. The van der Waals surface area contributed by atoms with Gasteiger partial charge in [0.05, 0.1) is 21.1 Å². The molecule has 150 valence electrons. The third kappa shape index (κ3) is 4.68. The maximum absolute atomic E-state index is 12.1. The van der Waals surface area contributed by atoms with Gasteiger partial charge in [-0.1, -0.05) is 11.6 Å². The van der Waals surface area contributed by atoms with E-state index in [4.69, 9.17) is 17.0 Å². The fourth-order valence-electron chi connectivity index (χ4n) is 3.37. The van der Waals surface area contributed by atoms with Gasteiger partial charge in [0, 0.05) is 37.0 Å². The second-order valence-corrected chi connectivity index (χ2v) is 8.74. The van der Waals surface area contributed by atoms with Crippen LogP contribution in [0.2, 0.25) is 4.34 Å². The van der Waals surface area contributed by atoms with Crippen LogP contribution < -0.4 is 5.32 Å². The molecule has 3 heterocycles. The Morgan fingerprint density at radius 2 is 1.90 bits per heavy atom. The molecule has 4 rings (SSSR count). The molecule has 0 saturated carbocycles. The van der Waals surface area contributed by atoms with E-state index >= 15 is 0 Å². The quantitative estimate of drug-likeness (QED) is 0.470. The van der Waals surface area contributed by atoms with Gasteiger partial charge >= 0.3 is 0 Å². The number of hydrogen-bond acceptors (Lipinski definition) is 4. The first kappa shape index (κ1) is 19.7. The highest BCUT2D eigenvalue weighted by Gasteiger charge is 2.15. The number of halogens is 1. The lowest BCUT2D eigenvalue weighted by molar-refractivity contribution is 0.0955. The molecule has 0 aliphatic carbocycles. The Bertz CT molecular complexity index is 1000. The third-order valence-electron chi connectivity index (χ3n) is 4.96.